The third-order valence-corrected chi connectivity index (χ3v) is 3.61. The van der Waals surface area contributed by atoms with Crippen molar-refractivity contribution >= 4 is 46.6 Å². The molecule has 0 spiro atoms. The Morgan fingerprint density at radius 2 is 1.46 bits per heavy atom. The number of hydrogen-bond donors (Lipinski definition) is 3. The number of anilines is 3. The predicted octanol–water partition coefficient (Wildman–Crippen LogP) is 4.46. The van der Waals surface area contributed by atoms with Crippen LogP contribution in [0.15, 0.2) is 48.5 Å². The van der Waals surface area contributed by atoms with Crippen molar-refractivity contribution in [3.8, 4) is 0 Å². The Morgan fingerprint density at radius 3 is 2.00 bits per heavy atom. The summed E-state index contributed by atoms with van der Waals surface area (Å²) in [5.74, 6) is -0.849. The van der Waals surface area contributed by atoms with E-state index in [0.717, 1.165) is 0 Å². The second-order valence-electron chi connectivity index (χ2n) is 6.89. The zero-order valence-corrected chi connectivity index (χ0v) is 16.6. The Morgan fingerprint density at radius 1 is 0.893 bits per heavy atom. The second-order valence-corrected chi connectivity index (χ2v) is 7.15. The number of halogens is 1. The molecule has 3 N–H and O–H groups in total. The molecule has 0 aromatic heterocycles. The van der Waals surface area contributed by atoms with Crippen LogP contribution in [0.2, 0.25) is 0 Å². The lowest BCUT2D eigenvalue weighted by atomic mass is 10.1. The Hall–Kier alpha value is -3.06. The number of benzene rings is 2. The van der Waals surface area contributed by atoms with Gasteiger partial charge in [-0.2, -0.15) is 0 Å². The molecule has 0 aliphatic rings. The van der Waals surface area contributed by atoms with Crippen molar-refractivity contribution in [1.82, 2.24) is 0 Å². The van der Waals surface area contributed by atoms with Crippen LogP contribution in [0.3, 0.4) is 0 Å². The highest BCUT2D eigenvalue weighted by atomic mass is 35.5. The quantitative estimate of drug-likeness (QED) is 0.642. The topological polar surface area (TPSA) is 96.5 Å². The second kappa shape index (κ2) is 9.23. The maximum absolute atomic E-state index is 12.5. The highest BCUT2D eigenvalue weighted by Crippen LogP contribution is 2.23. The van der Waals surface area contributed by atoms with Crippen LogP contribution in [0, 0.1) is 0 Å². The summed E-state index contributed by atoms with van der Waals surface area (Å²) in [5, 5.41) is 7.97. The van der Waals surface area contributed by atoms with E-state index < -0.39 is 11.7 Å². The van der Waals surface area contributed by atoms with Gasteiger partial charge < -0.3 is 15.4 Å². The zero-order chi connectivity index (χ0) is 20.7. The molecule has 28 heavy (non-hydrogen) atoms. The van der Waals surface area contributed by atoms with Gasteiger partial charge in [-0.05, 0) is 57.2 Å². The van der Waals surface area contributed by atoms with Gasteiger partial charge in [0, 0.05) is 11.3 Å². The molecular formula is C20H22ClN3O4. The van der Waals surface area contributed by atoms with E-state index in [1.165, 1.54) is 0 Å². The van der Waals surface area contributed by atoms with Crippen LogP contribution < -0.4 is 16.0 Å². The van der Waals surface area contributed by atoms with Crippen molar-refractivity contribution in [2.45, 2.75) is 26.4 Å². The van der Waals surface area contributed by atoms with E-state index in [9.17, 15) is 14.4 Å². The molecule has 0 saturated carbocycles. The summed E-state index contributed by atoms with van der Waals surface area (Å²) in [6, 6.07) is 13.1. The summed E-state index contributed by atoms with van der Waals surface area (Å²) in [4.78, 5) is 35.8. The molecule has 8 heteroatoms. The number of nitrogens with one attached hydrogen (secondary N) is 3. The minimum absolute atomic E-state index is 0.149. The first-order valence-electron chi connectivity index (χ1n) is 8.54. The smallest absolute Gasteiger partial charge is 0.412 e. The van der Waals surface area contributed by atoms with Gasteiger partial charge in [0.2, 0.25) is 5.91 Å². The fraction of sp³-hybridized carbons (Fsp3) is 0.250. The summed E-state index contributed by atoms with van der Waals surface area (Å²) >= 11 is 5.45. The molecule has 3 amide bonds. The highest BCUT2D eigenvalue weighted by Gasteiger charge is 2.17. The number of rotatable bonds is 5. The van der Waals surface area contributed by atoms with Gasteiger partial charge in [0.25, 0.3) is 5.91 Å². The fourth-order valence-electron chi connectivity index (χ4n) is 2.21. The number of amides is 3. The summed E-state index contributed by atoms with van der Waals surface area (Å²) in [7, 11) is 0. The first-order chi connectivity index (χ1) is 13.2. The zero-order valence-electron chi connectivity index (χ0n) is 15.8. The van der Waals surface area contributed by atoms with E-state index >= 15 is 0 Å². The molecular weight excluding hydrogens is 382 g/mol. The predicted molar refractivity (Wildman–Crippen MR) is 110 cm³/mol. The van der Waals surface area contributed by atoms with Gasteiger partial charge in [0.1, 0.15) is 11.5 Å². The molecule has 2 rings (SSSR count). The Labute approximate surface area is 168 Å². The van der Waals surface area contributed by atoms with Crippen LogP contribution in [0.4, 0.5) is 21.9 Å². The van der Waals surface area contributed by atoms with Crippen molar-refractivity contribution in [3.05, 3.63) is 54.1 Å². The number of para-hydroxylation sites is 2. The van der Waals surface area contributed by atoms with Gasteiger partial charge in [-0.1, -0.05) is 12.1 Å². The van der Waals surface area contributed by atoms with Gasteiger partial charge in [-0.15, -0.1) is 11.6 Å². The first-order valence-corrected chi connectivity index (χ1v) is 9.07. The minimum atomic E-state index is -0.636. The van der Waals surface area contributed by atoms with E-state index in [2.05, 4.69) is 16.0 Å². The first kappa shape index (κ1) is 21.2. The number of alkyl halides is 1. The van der Waals surface area contributed by atoms with Gasteiger partial charge in [-0.3, -0.25) is 14.9 Å². The standard InChI is InChI=1S/C20H22ClN3O4/c1-20(2,3)28-19(27)24-16-7-5-4-6-15(16)23-18(26)13-8-10-14(11-9-13)22-17(25)12-21/h4-11H,12H2,1-3H3,(H,22,25)(H,23,26)(H,24,27). The Kier molecular flexibility index (Phi) is 7.00. The molecule has 0 atom stereocenters. The Bertz CT molecular complexity index is 860. The summed E-state index contributed by atoms with van der Waals surface area (Å²) < 4.78 is 5.23. The van der Waals surface area contributed by atoms with Crippen LogP contribution in [0.5, 0.6) is 0 Å². The van der Waals surface area contributed by atoms with E-state index in [0.29, 0.717) is 22.6 Å². The molecule has 0 heterocycles. The average molecular weight is 404 g/mol. The lowest BCUT2D eigenvalue weighted by molar-refractivity contribution is -0.113. The molecule has 0 aliphatic carbocycles. The molecule has 0 unspecified atom stereocenters. The van der Waals surface area contributed by atoms with Gasteiger partial charge in [0.15, 0.2) is 0 Å². The average Bonchev–Trinajstić information content (AvgIpc) is 2.62. The van der Waals surface area contributed by atoms with Crippen LogP contribution >= 0.6 is 11.6 Å². The summed E-state index contributed by atoms with van der Waals surface area (Å²) in [6.07, 6.45) is -0.617. The maximum atomic E-state index is 12.5. The molecule has 2 aromatic rings. The third-order valence-electron chi connectivity index (χ3n) is 3.36. The van der Waals surface area contributed by atoms with E-state index in [1.54, 1.807) is 69.3 Å². The van der Waals surface area contributed by atoms with Crippen molar-refractivity contribution < 1.29 is 19.1 Å². The van der Waals surface area contributed by atoms with Crippen molar-refractivity contribution in [2.75, 3.05) is 21.8 Å². The van der Waals surface area contributed by atoms with E-state index in [-0.39, 0.29) is 17.7 Å². The largest absolute Gasteiger partial charge is 0.444 e. The number of carbonyl (C=O) groups excluding carboxylic acids is 3. The summed E-state index contributed by atoms with van der Waals surface area (Å²) in [5.41, 5.74) is 1.13. The van der Waals surface area contributed by atoms with Crippen LogP contribution in [0.25, 0.3) is 0 Å². The monoisotopic (exact) mass is 403 g/mol. The fourth-order valence-corrected chi connectivity index (χ4v) is 2.28. The van der Waals surface area contributed by atoms with Crippen molar-refractivity contribution in [1.29, 1.82) is 0 Å². The van der Waals surface area contributed by atoms with Crippen molar-refractivity contribution in [2.24, 2.45) is 0 Å². The van der Waals surface area contributed by atoms with E-state index in [1.807, 2.05) is 0 Å². The minimum Gasteiger partial charge on any atom is -0.444 e. The van der Waals surface area contributed by atoms with E-state index in [4.69, 9.17) is 16.3 Å². The highest BCUT2D eigenvalue weighted by molar-refractivity contribution is 6.29. The number of hydrogen-bond acceptors (Lipinski definition) is 4. The molecule has 0 bridgehead atoms. The lowest BCUT2D eigenvalue weighted by Gasteiger charge is -2.20. The maximum Gasteiger partial charge on any atom is 0.412 e. The normalized spacial score (nSPS) is 10.7. The van der Waals surface area contributed by atoms with Gasteiger partial charge in [0.05, 0.1) is 11.4 Å². The van der Waals surface area contributed by atoms with Crippen LogP contribution in [-0.4, -0.2) is 29.4 Å². The third kappa shape index (κ3) is 6.59. The summed E-state index contributed by atoms with van der Waals surface area (Å²) in [6.45, 7) is 5.29. The molecule has 0 aliphatic heterocycles. The van der Waals surface area contributed by atoms with Gasteiger partial charge in [-0.25, -0.2) is 4.79 Å². The molecule has 0 saturated heterocycles. The molecule has 0 fully saturated rings. The molecule has 2 aromatic carbocycles. The Balaban J connectivity index is 2.08. The van der Waals surface area contributed by atoms with Crippen LogP contribution in [-0.2, 0) is 9.53 Å². The molecule has 7 nitrogen and oxygen atoms in total. The lowest BCUT2D eigenvalue weighted by Crippen LogP contribution is -2.27. The van der Waals surface area contributed by atoms with Crippen LogP contribution in [0.1, 0.15) is 31.1 Å². The van der Waals surface area contributed by atoms with Crippen molar-refractivity contribution in [3.63, 3.8) is 0 Å². The SMILES string of the molecule is CC(C)(C)OC(=O)Nc1ccccc1NC(=O)c1ccc(NC(=O)CCl)cc1. The van der Waals surface area contributed by atoms with Gasteiger partial charge >= 0.3 is 6.09 Å². The molecule has 0 radical (unpaired) electrons. The molecule has 148 valence electrons. The number of carbonyl (C=O) groups is 3. The number of ether oxygens (including phenoxy) is 1.